The Hall–Kier alpha value is -1.40. The molecule has 1 aliphatic carbocycles. The molecule has 3 atom stereocenters. The molecular formula is C17H26N4O2. The molecule has 2 saturated heterocycles. The van der Waals surface area contributed by atoms with E-state index in [0.29, 0.717) is 17.9 Å². The van der Waals surface area contributed by atoms with Crippen LogP contribution in [0.2, 0.25) is 0 Å². The first-order chi connectivity index (χ1) is 11.2. The molecule has 3 heterocycles. The summed E-state index contributed by atoms with van der Waals surface area (Å²) in [6.45, 7) is 4.18. The lowest BCUT2D eigenvalue weighted by atomic mass is 9.89. The van der Waals surface area contributed by atoms with Crippen LogP contribution in [0.1, 0.15) is 30.7 Å². The molecule has 23 heavy (non-hydrogen) atoms. The van der Waals surface area contributed by atoms with Gasteiger partial charge in [-0.2, -0.15) is 5.10 Å². The fourth-order valence-electron chi connectivity index (χ4n) is 3.94. The van der Waals surface area contributed by atoms with Gasteiger partial charge in [-0.15, -0.1) is 0 Å². The molecular weight excluding hydrogens is 292 g/mol. The van der Waals surface area contributed by atoms with Crippen LogP contribution >= 0.6 is 0 Å². The van der Waals surface area contributed by atoms with Gasteiger partial charge in [-0.1, -0.05) is 0 Å². The SMILES string of the molecule is Cn1cc([C@H]2CNC[C@@H]2C(=O)N(CC2CCOC2)C2CC2)cn1. The standard InChI is InChI=1S/C17H26N4O2/c1-20-10-13(6-19-20)15-7-18-8-16(15)17(22)21(14-2-3-14)9-12-4-5-23-11-12/h6,10,12,14-16,18H,2-5,7-9,11H2,1H3/t12?,15-,16+/m1/s1. The van der Waals surface area contributed by atoms with Gasteiger partial charge in [-0.3, -0.25) is 9.48 Å². The Balaban J connectivity index is 1.48. The Kier molecular flexibility index (Phi) is 4.11. The second-order valence-corrected chi connectivity index (χ2v) is 7.27. The fourth-order valence-corrected chi connectivity index (χ4v) is 3.94. The van der Waals surface area contributed by atoms with Crippen molar-refractivity contribution in [1.82, 2.24) is 20.0 Å². The van der Waals surface area contributed by atoms with E-state index >= 15 is 0 Å². The lowest BCUT2D eigenvalue weighted by molar-refractivity contribution is -0.136. The summed E-state index contributed by atoms with van der Waals surface area (Å²) in [5, 5.41) is 7.69. The Bertz CT molecular complexity index is 563. The number of nitrogens with zero attached hydrogens (tertiary/aromatic N) is 3. The fraction of sp³-hybridized carbons (Fsp3) is 0.765. The number of aromatic nitrogens is 2. The number of hydrogen-bond acceptors (Lipinski definition) is 4. The summed E-state index contributed by atoms with van der Waals surface area (Å²) in [6.07, 6.45) is 7.37. The van der Waals surface area contributed by atoms with Gasteiger partial charge in [-0.25, -0.2) is 0 Å². The third kappa shape index (κ3) is 3.15. The van der Waals surface area contributed by atoms with Gasteiger partial charge in [0.05, 0.1) is 18.7 Å². The summed E-state index contributed by atoms with van der Waals surface area (Å²) in [4.78, 5) is 15.4. The molecule has 1 aromatic rings. The zero-order valence-corrected chi connectivity index (χ0v) is 13.8. The van der Waals surface area contributed by atoms with Crippen molar-refractivity contribution in [2.24, 2.45) is 18.9 Å². The van der Waals surface area contributed by atoms with E-state index in [2.05, 4.69) is 15.3 Å². The highest BCUT2D eigenvalue weighted by molar-refractivity contribution is 5.81. The molecule has 126 valence electrons. The highest BCUT2D eigenvalue weighted by atomic mass is 16.5. The van der Waals surface area contributed by atoms with Crippen LogP contribution < -0.4 is 5.32 Å². The van der Waals surface area contributed by atoms with Crippen LogP contribution in [0.5, 0.6) is 0 Å². The van der Waals surface area contributed by atoms with Crippen LogP contribution in [-0.2, 0) is 16.6 Å². The predicted octanol–water partition coefficient (Wildman–Crippen LogP) is 0.751. The maximum Gasteiger partial charge on any atom is 0.227 e. The molecule has 6 nitrogen and oxygen atoms in total. The molecule has 0 bridgehead atoms. The summed E-state index contributed by atoms with van der Waals surface area (Å²) in [7, 11) is 1.93. The van der Waals surface area contributed by atoms with Crippen LogP contribution in [0.4, 0.5) is 0 Å². The monoisotopic (exact) mass is 318 g/mol. The van der Waals surface area contributed by atoms with Crippen molar-refractivity contribution in [3.8, 4) is 0 Å². The topological polar surface area (TPSA) is 59.4 Å². The van der Waals surface area contributed by atoms with E-state index in [4.69, 9.17) is 4.74 Å². The average molecular weight is 318 g/mol. The molecule has 1 amide bonds. The van der Waals surface area contributed by atoms with Gasteiger partial charge >= 0.3 is 0 Å². The summed E-state index contributed by atoms with van der Waals surface area (Å²) >= 11 is 0. The minimum Gasteiger partial charge on any atom is -0.381 e. The third-order valence-corrected chi connectivity index (χ3v) is 5.43. The number of aryl methyl sites for hydroxylation is 1. The van der Waals surface area contributed by atoms with Crippen LogP contribution in [0.15, 0.2) is 12.4 Å². The quantitative estimate of drug-likeness (QED) is 0.870. The molecule has 1 aromatic heterocycles. The van der Waals surface area contributed by atoms with Crippen molar-refractivity contribution in [3.63, 3.8) is 0 Å². The third-order valence-electron chi connectivity index (χ3n) is 5.43. The van der Waals surface area contributed by atoms with Gasteiger partial charge in [0.25, 0.3) is 0 Å². The van der Waals surface area contributed by atoms with E-state index in [-0.39, 0.29) is 11.8 Å². The van der Waals surface area contributed by atoms with Crippen LogP contribution in [0.3, 0.4) is 0 Å². The molecule has 1 unspecified atom stereocenters. The number of ether oxygens (including phenoxy) is 1. The molecule has 4 rings (SSSR count). The molecule has 1 saturated carbocycles. The van der Waals surface area contributed by atoms with E-state index in [9.17, 15) is 4.79 Å². The van der Waals surface area contributed by atoms with Crippen LogP contribution in [0.25, 0.3) is 0 Å². The van der Waals surface area contributed by atoms with Crippen LogP contribution in [0, 0.1) is 11.8 Å². The smallest absolute Gasteiger partial charge is 0.227 e. The second-order valence-electron chi connectivity index (χ2n) is 7.27. The van der Waals surface area contributed by atoms with Crippen molar-refractivity contribution in [2.45, 2.75) is 31.2 Å². The van der Waals surface area contributed by atoms with Crippen molar-refractivity contribution in [1.29, 1.82) is 0 Å². The summed E-state index contributed by atoms with van der Waals surface area (Å²) in [5.74, 6) is 1.14. The zero-order valence-electron chi connectivity index (χ0n) is 13.8. The van der Waals surface area contributed by atoms with E-state index in [1.165, 1.54) is 5.56 Å². The second kappa shape index (κ2) is 6.24. The maximum absolute atomic E-state index is 13.2. The predicted molar refractivity (Wildman–Crippen MR) is 86.0 cm³/mol. The normalized spacial score (nSPS) is 30.7. The van der Waals surface area contributed by atoms with Crippen molar-refractivity contribution >= 4 is 5.91 Å². The van der Waals surface area contributed by atoms with Gasteiger partial charge in [0.2, 0.25) is 5.91 Å². The minimum absolute atomic E-state index is 0.0436. The highest BCUT2D eigenvalue weighted by Crippen LogP contribution is 2.35. The van der Waals surface area contributed by atoms with E-state index in [1.54, 1.807) is 0 Å². The maximum atomic E-state index is 13.2. The van der Waals surface area contributed by atoms with E-state index < -0.39 is 0 Å². The lowest BCUT2D eigenvalue weighted by Crippen LogP contribution is -2.43. The minimum atomic E-state index is 0.0436. The first-order valence-electron chi connectivity index (χ1n) is 8.80. The summed E-state index contributed by atoms with van der Waals surface area (Å²) in [5.41, 5.74) is 1.18. The highest BCUT2D eigenvalue weighted by Gasteiger charge is 2.42. The number of amides is 1. The first kappa shape index (κ1) is 15.1. The largest absolute Gasteiger partial charge is 0.381 e. The van der Waals surface area contributed by atoms with E-state index in [0.717, 1.165) is 52.1 Å². The summed E-state index contributed by atoms with van der Waals surface area (Å²) in [6, 6.07) is 0.471. The first-order valence-corrected chi connectivity index (χ1v) is 8.80. The summed E-state index contributed by atoms with van der Waals surface area (Å²) < 4.78 is 7.32. The Labute approximate surface area is 137 Å². The Morgan fingerprint density at radius 3 is 2.96 bits per heavy atom. The van der Waals surface area contributed by atoms with Crippen molar-refractivity contribution in [2.75, 3.05) is 32.8 Å². The number of hydrogen-bond donors (Lipinski definition) is 1. The molecule has 0 aromatic carbocycles. The molecule has 3 fully saturated rings. The Morgan fingerprint density at radius 1 is 1.43 bits per heavy atom. The molecule has 1 N–H and O–H groups in total. The number of nitrogens with one attached hydrogen (secondary N) is 1. The van der Waals surface area contributed by atoms with Crippen molar-refractivity contribution in [3.05, 3.63) is 18.0 Å². The van der Waals surface area contributed by atoms with Crippen molar-refractivity contribution < 1.29 is 9.53 Å². The van der Waals surface area contributed by atoms with Gasteiger partial charge in [-0.05, 0) is 24.8 Å². The van der Waals surface area contributed by atoms with Gasteiger partial charge in [0.1, 0.15) is 0 Å². The van der Waals surface area contributed by atoms with Gasteiger partial charge < -0.3 is 15.0 Å². The van der Waals surface area contributed by atoms with Crippen LogP contribution in [-0.4, -0.2) is 59.5 Å². The number of carbonyl (C=O) groups excluding carboxylic acids is 1. The lowest BCUT2D eigenvalue weighted by Gasteiger charge is -2.29. The number of rotatable bonds is 5. The van der Waals surface area contributed by atoms with Gasteiger partial charge in [0.15, 0.2) is 0 Å². The zero-order chi connectivity index (χ0) is 15.8. The molecule has 0 radical (unpaired) electrons. The molecule has 6 heteroatoms. The molecule has 2 aliphatic heterocycles. The molecule has 0 spiro atoms. The Morgan fingerprint density at radius 2 is 2.30 bits per heavy atom. The van der Waals surface area contributed by atoms with E-state index in [1.807, 2.05) is 24.1 Å². The average Bonchev–Trinajstić information content (AvgIpc) is 2.98. The molecule has 3 aliphatic rings. The number of carbonyl (C=O) groups is 1. The van der Waals surface area contributed by atoms with Gasteiger partial charge in [0, 0.05) is 57.4 Å².